The summed E-state index contributed by atoms with van der Waals surface area (Å²) in [5, 5.41) is 3.31. The zero-order valence-electron chi connectivity index (χ0n) is 8.05. The Bertz CT molecular complexity index is 229. The van der Waals surface area contributed by atoms with Gasteiger partial charge >= 0.3 is 0 Å². The maximum atomic E-state index is 5.58. The minimum absolute atomic E-state index is 0.329. The van der Waals surface area contributed by atoms with Crippen molar-refractivity contribution in [3.8, 4) is 0 Å². The molecule has 1 unspecified atom stereocenters. The molecule has 0 fully saturated rings. The van der Waals surface area contributed by atoms with Gasteiger partial charge in [0.2, 0.25) is 0 Å². The van der Waals surface area contributed by atoms with Crippen molar-refractivity contribution in [1.29, 1.82) is 0 Å². The summed E-state index contributed by atoms with van der Waals surface area (Å²) in [4.78, 5) is 0. The lowest BCUT2D eigenvalue weighted by Crippen LogP contribution is -2.16. The molecule has 1 rings (SSSR count). The van der Waals surface area contributed by atoms with Crippen LogP contribution in [0.1, 0.15) is 38.3 Å². The third-order valence-electron chi connectivity index (χ3n) is 1.97. The lowest BCUT2D eigenvalue weighted by Gasteiger charge is -2.08. The number of rotatable bonds is 4. The first kappa shape index (κ1) is 9.33. The van der Waals surface area contributed by atoms with E-state index in [0.717, 1.165) is 24.5 Å². The van der Waals surface area contributed by atoms with Crippen molar-refractivity contribution in [3.05, 3.63) is 23.7 Å². The third kappa shape index (κ3) is 2.11. The van der Waals surface area contributed by atoms with Gasteiger partial charge in [0.05, 0.1) is 6.04 Å². The number of nitrogens with one attached hydrogen (secondary N) is 1. The van der Waals surface area contributed by atoms with Crippen LogP contribution >= 0.6 is 0 Å². The lowest BCUT2D eigenvalue weighted by molar-refractivity contribution is 0.413. The van der Waals surface area contributed by atoms with Crippen molar-refractivity contribution >= 4 is 0 Å². The molecule has 1 aromatic rings. The summed E-state index contributed by atoms with van der Waals surface area (Å²) in [6.07, 6.45) is 0.971. The van der Waals surface area contributed by atoms with E-state index in [2.05, 4.69) is 26.1 Å². The fourth-order valence-electron chi connectivity index (χ4n) is 1.22. The molecule has 1 atom stereocenters. The molecule has 1 N–H and O–H groups in total. The van der Waals surface area contributed by atoms with Gasteiger partial charge in [0, 0.05) is 6.42 Å². The number of furan rings is 1. The molecule has 0 aliphatic carbocycles. The van der Waals surface area contributed by atoms with Crippen molar-refractivity contribution in [2.24, 2.45) is 0 Å². The number of hydrogen-bond donors (Lipinski definition) is 1. The zero-order valence-corrected chi connectivity index (χ0v) is 8.05. The standard InChI is InChI=1S/C10H17NO/c1-4-9-6-7-10(12-9)8(3)11-5-2/h6-8,11H,4-5H2,1-3H3. The zero-order chi connectivity index (χ0) is 8.97. The highest BCUT2D eigenvalue weighted by molar-refractivity contribution is 5.09. The minimum atomic E-state index is 0.329. The number of hydrogen-bond acceptors (Lipinski definition) is 2. The van der Waals surface area contributed by atoms with Gasteiger partial charge in [-0.3, -0.25) is 0 Å². The Morgan fingerprint density at radius 2 is 2.17 bits per heavy atom. The van der Waals surface area contributed by atoms with Gasteiger partial charge in [0.15, 0.2) is 0 Å². The molecule has 0 saturated carbocycles. The molecule has 68 valence electrons. The Morgan fingerprint density at radius 3 is 2.67 bits per heavy atom. The van der Waals surface area contributed by atoms with Gasteiger partial charge in [-0.05, 0) is 25.6 Å². The summed E-state index contributed by atoms with van der Waals surface area (Å²) < 4.78 is 5.58. The van der Waals surface area contributed by atoms with Crippen LogP contribution in [-0.2, 0) is 6.42 Å². The van der Waals surface area contributed by atoms with Gasteiger partial charge in [-0.25, -0.2) is 0 Å². The van der Waals surface area contributed by atoms with E-state index >= 15 is 0 Å². The Labute approximate surface area is 74.0 Å². The highest BCUT2D eigenvalue weighted by Gasteiger charge is 2.07. The van der Waals surface area contributed by atoms with Crippen LogP contribution in [0.3, 0.4) is 0 Å². The van der Waals surface area contributed by atoms with Crippen LogP contribution in [0, 0.1) is 0 Å². The van der Waals surface area contributed by atoms with Gasteiger partial charge < -0.3 is 9.73 Å². The highest BCUT2D eigenvalue weighted by Crippen LogP contribution is 2.15. The maximum absolute atomic E-state index is 5.58. The second kappa shape index (κ2) is 4.31. The smallest absolute Gasteiger partial charge is 0.120 e. The monoisotopic (exact) mass is 167 g/mol. The van der Waals surface area contributed by atoms with Crippen molar-refractivity contribution in [3.63, 3.8) is 0 Å². The number of aryl methyl sites for hydroxylation is 1. The van der Waals surface area contributed by atoms with Crippen molar-refractivity contribution in [2.45, 2.75) is 33.2 Å². The van der Waals surface area contributed by atoms with E-state index in [-0.39, 0.29) is 0 Å². The summed E-state index contributed by atoms with van der Waals surface area (Å²) in [6, 6.07) is 4.42. The molecule has 0 spiro atoms. The Hall–Kier alpha value is -0.760. The van der Waals surface area contributed by atoms with E-state index in [1.54, 1.807) is 0 Å². The molecule has 0 saturated heterocycles. The molecule has 0 aromatic carbocycles. The first-order valence-electron chi connectivity index (χ1n) is 4.59. The molecule has 0 aliphatic heterocycles. The fourth-order valence-corrected chi connectivity index (χ4v) is 1.22. The third-order valence-corrected chi connectivity index (χ3v) is 1.97. The normalized spacial score (nSPS) is 13.2. The van der Waals surface area contributed by atoms with Crippen molar-refractivity contribution in [1.82, 2.24) is 5.32 Å². The highest BCUT2D eigenvalue weighted by atomic mass is 16.3. The molecule has 0 amide bonds. The second-order valence-corrected chi connectivity index (χ2v) is 2.94. The molecule has 2 heteroatoms. The lowest BCUT2D eigenvalue weighted by atomic mass is 10.2. The average molecular weight is 167 g/mol. The van der Waals surface area contributed by atoms with Gasteiger partial charge in [0.1, 0.15) is 11.5 Å². The van der Waals surface area contributed by atoms with Crippen LogP contribution in [0.15, 0.2) is 16.5 Å². The van der Waals surface area contributed by atoms with Crippen LogP contribution in [0.5, 0.6) is 0 Å². The summed E-state index contributed by atoms with van der Waals surface area (Å²) in [6.45, 7) is 7.28. The second-order valence-electron chi connectivity index (χ2n) is 2.94. The van der Waals surface area contributed by atoms with Gasteiger partial charge in [-0.1, -0.05) is 13.8 Å². The summed E-state index contributed by atoms with van der Waals surface area (Å²) >= 11 is 0. The first-order valence-corrected chi connectivity index (χ1v) is 4.59. The Balaban J connectivity index is 2.61. The molecule has 0 radical (unpaired) electrons. The van der Waals surface area contributed by atoms with Crippen molar-refractivity contribution < 1.29 is 4.42 Å². The van der Waals surface area contributed by atoms with Crippen LogP contribution in [0.4, 0.5) is 0 Å². The predicted molar refractivity (Wildman–Crippen MR) is 50.2 cm³/mol. The van der Waals surface area contributed by atoms with Crippen LogP contribution in [-0.4, -0.2) is 6.54 Å². The molecule has 0 aliphatic rings. The topological polar surface area (TPSA) is 25.2 Å². The van der Waals surface area contributed by atoms with Gasteiger partial charge in [0.25, 0.3) is 0 Å². The molecule has 1 heterocycles. The Kier molecular flexibility index (Phi) is 3.35. The van der Waals surface area contributed by atoms with E-state index in [4.69, 9.17) is 4.42 Å². The SMILES string of the molecule is CCNC(C)c1ccc(CC)o1. The molecule has 12 heavy (non-hydrogen) atoms. The van der Waals surface area contributed by atoms with E-state index < -0.39 is 0 Å². The fraction of sp³-hybridized carbons (Fsp3) is 0.600. The summed E-state index contributed by atoms with van der Waals surface area (Å²) in [7, 11) is 0. The minimum Gasteiger partial charge on any atom is -0.464 e. The summed E-state index contributed by atoms with van der Waals surface area (Å²) in [5.41, 5.74) is 0. The van der Waals surface area contributed by atoms with E-state index in [1.807, 2.05) is 12.1 Å². The predicted octanol–water partition coefficient (Wildman–Crippen LogP) is 2.51. The van der Waals surface area contributed by atoms with Crippen molar-refractivity contribution in [2.75, 3.05) is 6.54 Å². The molecule has 2 nitrogen and oxygen atoms in total. The molecule has 0 bridgehead atoms. The Morgan fingerprint density at radius 1 is 1.42 bits per heavy atom. The quantitative estimate of drug-likeness (QED) is 0.745. The van der Waals surface area contributed by atoms with Crippen LogP contribution in [0.25, 0.3) is 0 Å². The maximum Gasteiger partial charge on any atom is 0.120 e. The first-order chi connectivity index (χ1) is 5.77. The average Bonchev–Trinajstić information content (AvgIpc) is 2.52. The molecular weight excluding hydrogens is 150 g/mol. The molecule has 1 aromatic heterocycles. The van der Waals surface area contributed by atoms with Gasteiger partial charge in [-0.15, -0.1) is 0 Å². The summed E-state index contributed by atoms with van der Waals surface area (Å²) in [5.74, 6) is 2.10. The van der Waals surface area contributed by atoms with Gasteiger partial charge in [-0.2, -0.15) is 0 Å². The van der Waals surface area contributed by atoms with Crippen LogP contribution in [0.2, 0.25) is 0 Å². The van der Waals surface area contributed by atoms with E-state index in [1.165, 1.54) is 0 Å². The van der Waals surface area contributed by atoms with E-state index in [9.17, 15) is 0 Å². The van der Waals surface area contributed by atoms with E-state index in [0.29, 0.717) is 6.04 Å². The molecular formula is C10H17NO. The van der Waals surface area contributed by atoms with Crippen LogP contribution < -0.4 is 5.32 Å². The largest absolute Gasteiger partial charge is 0.464 e.